The number of nitrogens with one attached hydrogen (secondary N) is 1. The molecule has 1 aromatic carbocycles. The number of hydrogen-bond acceptors (Lipinski definition) is 9. The van der Waals surface area contributed by atoms with Gasteiger partial charge in [0.1, 0.15) is 5.75 Å². The van der Waals surface area contributed by atoms with Crippen LogP contribution in [0.15, 0.2) is 48.9 Å². The molecule has 0 saturated heterocycles. The van der Waals surface area contributed by atoms with Crippen molar-refractivity contribution in [3.8, 4) is 28.9 Å². The van der Waals surface area contributed by atoms with Crippen LogP contribution in [0.2, 0.25) is 0 Å². The molecule has 4 rings (SSSR count). The van der Waals surface area contributed by atoms with Crippen LogP contribution in [0.4, 0.5) is 18.9 Å². The fourth-order valence-corrected chi connectivity index (χ4v) is 3.43. The molecular weight excluding hydrogens is 509 g/mol. The van der Waals surface area contributed by atoms with Crippen LogP contribution in [0.25, 0.3) is 10.9 Å². The molecule has 14 heteroatoms. The Kier molecular flexibility index (Phi) is 7.81. The topological polar surface area (TPSA) is 136 Å². The van der Waals surface area contributed by atoms with Crippen LogP contribution in [0, 0.1) is 0 Å². The largest absolute Gasteiger partial charge is 0.493 e. The van der Waals surface area contributed by atoms with Crippen molar-refractivity contribution in [3.05, 3.63) is 54.6 Å². The van der Waals surface area contributed by atoms with Crippen molar-refractivity contribution in [1.29, 1.82) is 0 Å². The van der Waals surface area contributed by atoms with Crippen LogP contribution >= 0.6 is 0 Å². The minimum absolute atomic E-state index is 0.167. The number of benzene rings is 1. The van der Waals surface area contributed by atoms with Gasteiger partial charge < -0.3 is 30.0 Å². The number of alkyl halides is 3. The van der Waals surface area contributed by atoms with E-state index in [1.54, 1.807) is 24.4 Å². The summed E-state index contributed by atoms with van der Waals surface area (Å²) in [7, 11) is 3.04. The van der Waals surface area contributed by atoms with Crippen molar-refractivity contribution in [1.82, 2.24) is 19.7 Å². The maximum atomic E-state index is 12.7. The van der Waals surface area contributed by atoms with Gasteiger partial charge in [-0.1, -0.05) is 0 Å². The van der Waals surface area contributed by atoms with Gasteiger partial charge in [0.15, 0.2) is 29.5 Å². The number of hydrogen-bond donors (Lipinski definition) is 2. The van der Waals surface area contributed by atoms with Gasteiger partial charge in [-0.15, -0.1) is 0 Å². The van der Waals surface area contributed by atoms with Crippen molar-refractivity contribution >= 4 is 22.5 Å². The Morgan fingerprint density at radius 3 is 2.47 bits per heavy atom. The molecule has 0 aliphatic rings. The van der Waals surface area contributed by atoms with Crippen molar-refractivity contribution < 1.29 is 36.9 Å². The lowest BCUT2D eigenvalue weighted by atomic mass is 10.2. The lowest BCUT2D eigenvalue weighted by molar-refractivity contribution is -0.153. The molecule has 0 aliphatic carbocycles. The summed E-state index contributed by atoms with van der Waals surface area (Å²) in [5, 5.41) is 7.18. The Morgan fingerprint density at radius 2 is 1.82 bits per heavy atom. The van der Waals surface area contributed by atoms with Crippen LogP contribution in [-0.2, 0) is 6.54 Å². The van der Waals surface area contributed by atoms with E-state index in [-0.39, 0.29) is 36.1 Å². The van der Waals surface area contributed by atoms with Gasteiger partial charge in [0.2, 0.25) is 5.88 Å². The highest BCUT2D eigenvalue weighted by Crippen LogP contribution is 2.36. The molecule has 11 nitrogen and oxygen atoms in total. The van der Waals surface area contributed by atoms with Crippen LogP contribution in [-0.4, -0.2) is 59.2 Å². The molecule has 3 aromatic heterocycles. The van der Waals surface area contributed by atoms with Crippen molar-refractivity contribution in [2.45, 2.75) is 12.7 Å². The summed E-state index contributed by atoms with van der Waals surface area (Å²) in [6.07, 6.45) is -0.499. The van der Waals surface area contributed by atoms with Gasteiger partial charge in [-0.05, 0) is 18.2 Å². The van der Waals surface area contributed by atoms with Crippen LogP contribution in [0.3, 0.4) is 0 Å². The van der Waals surface area contributed by atoms with Gasteiger partial charge in [0.05, 0.1) is 44.4 Å². The van der Waals surface area contributed by atoms with Crippen LogP contribution in [0.1, 0.15) is 10.5 Å². The quantitative estimate of drug-likeness (QED) is 0.313. The molecule has 0 radical (unpaired) electrons. The maximum Gasteiger partial charge on any atom is 0.422 e. The normalized spacial score (nSPS) is 11.3. The average molecular weight is 532 g/mol. The molecule has 0 aliphatic heterocycles. The first-order valence-electron chi connectivity index (χ1n) is 11.1. The second-order valence-electron chi connectivity index (χ2n) is 7.77. The molecular formula is C24H23F3N6O5. The number of rotatable bonds is 10. The van der Waals surface area contributed by atoms with E-state index >= 15 is 0 Å². The van der Waals surface area contributed by atoms with Crippen LogP contribution < -0.4 is 30.0 Å². The number of halogens is 3. The second kappa shape index (κ2) is 11.2. The zero-order chi connectivity index (χ0) is 27.3. The lowest BCUT2D eigenvalue weighted by Crippen LogP contribution is -2.21. The minimum atomic E-state index is -4.58. The predicted octanol–water partition coefficient (Wildman–Crippen LogP) is 3.79. The first-order valence-corrected chi connectivity index (χ1v) is 11.1. The molecule has 3 N–H and O–H groups in total. The molecule has 0 fully saturated rings. The fraction of sp³-hybridized carbons (Fsp3) is 0.250. The molecule has 4 aromatic rings. The number of carbonyl (C=O) groups is 1. The van der Waals surface area contributed by atoms with Gasteiger partial charge >= 0.3 is 6.18 Å². The Morgan fingerprint density at radius 1 is 1.05 bits per heavy atom. The summed E-state index contributed by atoms with van der Waals surface area (Å²) >= 11 is 0. The Bertz CT molecular complexity index is 1430. The Labute approximate surface area is 214 Å². The molecule has 0 atom stereocenters. The molecule has 200 valence electrons. The number of ether oxygens (including phenoxy) is 4. The summed E-state index contributed by atoms with van der Waals surface area (Å²) in [6, 6.07) is 8.13. The molecule has 38 heavy (non-hydrogen) atoms. The smallest absolute Gasteiger partial charge is 0.422 e. The third-order valence-electron chi connectivity index (χ3n) is 5.11. The highest BCUT2D eigenvalue weighted by Gasteiger charge is 2.30. The van der Waals surface area contributed by atoms with E-state index in [1.807, 2.05) is 0 Å². The summed E-state index contributed by atoms with van der Waals surface area (Å²) in [6.45, 7) is -1.22. The van der Waals surface area contributed by atoms with Gasteiger partial charge in [0.25, 0.3) is 5.91 Å². The zero-order valence-corrected chi connectivity index (χ0v) is 20.3. The summed E-state index contributed by atoms with van der Waals surface area (Å²) in [5.74, 6) is 0.579. The number of carbonyl (C=O) groups excluding carboxylic acids is 1. The number of anilines is 1. The molecule has 0 saturated carbocycles. The first-order chi connectivity index (χ1) is 18.2. The Hall–Kier alpha value is -4.59. The van der Waals surface area contributed by atoms with E-state index < -0.39 is 18.7 Å². The minimum Gasteiger partial charge on any atom is -0.493 e. The number of pyridine rings is 2. The van der Waals surface area contributed by atoms with Gasteiger partial charge in [-0.2, -0.15) is 18.3 Å². The molecule has 0 bridgehead atoms. The average Bonchev–Trinajstić information content (AvgIpc) is 3.31. The van der Waals surface area contributed by atoms with Crippen LogP contribution in [0.5, 0.6) is 28.9 Å². The zero-order valence-electron chi connectivity index (χ0n) is 20.3. The van der Waals surface area contributed by atoms with E-state index in [4.69, 9.17) is 24.7 Å². The number of aromatic nitrogens is 4. The molecule has 0 spiro atoms. The van der Waals surface area contributed by atoms with Gasteiger partial charge in [-0.3, -0.25) is 14.5 Å². The molecule has 3 heterocycles. The number of methoxy groups -OCH3 is 2. The number of nitrogens with zero attached hydrogens (tertiary/aromatic N) is 4. The second-order valence-corrected chi connectivity index (χ2v) is 7.77. The monoisotopic (exact) mass is 532 g/mol. The van der Waals surface area contributed by atoms with Crippen molar-refractivity contribution in [2.24, 2.45) is 5.73 Å². The standard InChI is InChI=1S/C24H23F3N6O5/c1-35-18-9-15-16(10-19(18)36-2)29-7-5-17(15)38-21-4-3-14(11-30-21)31-23(34)22-20(37-13-24(25,26)27)12-33(32-22)8-6-28/h3-5,7,9-12H,6,8,13,28H2,1-2H3,(H,31,34). The van der Waals surface area contributed by atoms with E-state index in [2.05, 4.69) is 20.4 Å². The van der Waals surface area contributed by atoms with Crippen molar-refractivity contribution in [2.75, 3.05) is 32.7 Å². The van der Waals surface area contributed by atoms with E-state index in [1.165, 1.54) is 43.4 Å². The fourth-order valence-electron chi connectivity index (χ4n) is 3.43. The summed E-state index contributed by atoms with van der Waals surface area (Å²) in [5.41, 5.74) is 6.02. The number of amides is 1. The number of fused-ring (bicyclic) bond motifs is 1. The van der Waals surface area contributed by atoms with E-state index in [0.717, 1.165) is 0 Å². The van der Waals surface area contributed by atoms with E-state index in [9.17, 15) is 18.0 Å². The SMILES string of the molecule is COc1cc2nccc(Oc3ccc(NC(=O)c4nn(CCN)cc4OCC(F)(F)F)cn3)c2cc1OC. The summed E-state index contributed by atoms with van der Waals surface area (Å²) < 4.78 is 60.4. The highest BCUT2D eigenvalue weighted by atomic mass is 19.4. The summed E-state index contributed by atoms with van der Waals surface area (Å²) in [4.78, 5) is 21.3. The van der Waals surface area contributed by atoms with Gasteiger partial charge in [0, 0.05) is 30.3 Å². The van der Waals surface area contributed by atoms with E-state index in [0.29, 0.717) is 28.2 Å². The first kappa shape index (κ1) is 26.5. The highest BCUT2D eigenvalue weighted by molar-refractivity contribution is 6.04. The predicted molar refractivity (Wildman–Crippen MR) is 130 cm³/mol. The number of nitrogens with two attached hydrogens (primary N) is 1. The maximum absolute atomic E-state index is 12.7. The third kappa shape index (κ3) is 6.21. The lowest BCUT2D eigenvalue weighted by Gasteiger charge is -2.12. The third-order valence-corrected chi connectivity index (χ3v) is 5.11. The van der Waals surface area contributed by atoms with Gasteiger partial charge in [-0.25, -0.2) is 4.98 Å². The Balaban J connectivity index is 1.50. The van der Waals surface area contributed by atoms with Crippen molar-refractivity contribution in [3.63, 3.8) is 0 Å². The molecule has 0 unspecified atom stereocenters. The molecule has 1 amide bonds.